The molecule has 0 N–H and O–H groups in total. The highest BCUT2D eigenvalue weighted by Crippen LogP contribution is 2.52. The standard InChI is InChI=1S/C21H22FNO3S/c1-25-17-8-3-14(13-18(17)26-2)19-23(11-12-27-19)20(24)21(9-10-21)15-4-6-16(22)7-5-15/h3-8,13,19H,9-12H2,1-2H3. The molecular weight excluding hydrogens is 365 g/mol. The van der Waals surface area contributed by atoms with Crippen LogP contribution in [0, 0.1) is 5.82 Å². The maximum atomic E-state index is 13.4. The largest absolute Gasteiger partial charge is 0.493 e. The van der Waals surface area contributed by atoms with Crippen LogP contribution in [0.1, 0.15) is 29.3 Å². The van der Waals surface area contributed by atoms with E-state index in [1.165, 1.54) is 12.1 Å². The summed E-state index contributed by atoms with van der Waals surface area (Å²) in [6.45, 7) is 0.714. The number of halogens is 1. The summed E-state index contributed by atoms with van der Waals surface area (Å²) in [5.74, 6) is 2.09. The van der Waals surface area contributed by atoms with E-state index in [1.54, 1.807) is 38.1 Å². The molecule has 2 fully saturated rings. The number of thioether (sulfide) groups is 1. The Bertz CT molecular complexity index is 851. The molecule has 1 aliphatic heterocycles. The molecule has 1 aliphatic carbocycles. The van der Waals surface area contributed by atoms with Crippen molar-refractivity contribution in [1.82, 2.24) is 4.90 Å². The maximum absolute atomic E-state index is 13.4. The molecule has 1 saturated heterocycles. The van der Waals surface area contributed by atoms with E-state index in [9.17, 15) is 9.18 Å². The van der Waals surface area contributed by atoms with Crippen LogP contribution in [0.15, 0.2) is 42.5 Å². The fourth-order valence-corrected chi connectivity index (χ4v) is 5.00. The van der Waals surface area contributed by atoms with Crippen molar-refractivity contribution in [2.75, 3.05) is 26.5 Å². The third kappa shape index (κ3) is 3.16. The molecule has 27 heavy (non-hydrogen) atoms. The Hall–Kier alpha value is -2.21. The van der Waals surface area contributed by atoms with Gasteiger partial charge in [0.2, 0.25) is 5.91 Å². The number of amides is 1. The van der Waals surface area contributed by atoms with Crippen LogP contribution < -0.4 is 9.47 Å². The van der Waals surface area contributed by atoms with Crippen molar-refractivity contribution in [3.63, 3.8) is 0 Å². The van der Waals surface area contributed by atoms with Gasteiger partial charge in [0.1, 0.15) is 11.2 Å². The Labute approximate surface area is 162 Å². The van der Waals surface area contributed by atoms with Crippen LogP contribution in [-0.4, -0.2) is 37.3 Å². The SMILES string of the molecule is COc1ccc(C2SCCN2C(=O)C2(c3ccc(F)cc3)CC2)cc1OC. The second kappa shape index (κ2) is 7.08. The lowest BCUT2D eigenvalue weighted by molar-refractivity contribution is -0.134. The van der Waals surface area contributed by atoms with E-state index in [0.717, 1.165) is 29.7 Å². The van der Waals surface area contributed by atoms with Crippen molar-refractivity contribution in [1.29, 1.82) is 0 Å². The van der Waals surface area contributed by atoms with Gasteiger partial charge in [-0.2, -0.15) is 0 Å². The molecule has 4 rings (SSSR count). The first-order valence-electron chi connectivity index (χ1n) is 9.00. The summed E-state index contributed by atoms with van der Waals surface area (Å²) < 4.78 is 24.0. The van der Waals surface area contributed by atoms with Gasteiger partial charge in [-0.3, -0.25) is 4.79 Å². The van der Waals surface area contributed by atoms with Crippen molar-refractivity contribution in [3.05, 3.63) is 59.4 Å². The number of benzene rings is 2. The first-order valence-corrected chi connectivity index (χ1v) is 10.0. The van der Waals surface area contributed by atoms with Crippen LogP contribution in [-0.2, 0) is 10.2 Å². The van der Waals surface area contributed by atoms with E-state index in [1.807, 2.05) is 23.1 Å². The van der Waals surface area contributed by atoms with Crippen molar-refractivity contribution in [2.45, 2.75) is 23.6 Å². The van der Waals surface area contributed by atoms with Crippen LogP contribution >= 0.6 is 11.8 Å². The number of methoxy groups -OCH3 is 2. The lowest BCUT2D eigenvalue weighted by atomic mass is 9.94. The lowest BCUT2D eigenvalue weighted by Gasteiger charge is -2.29. The van der Waals surface area contributed by atoms with Gasteiger partial charge in [0.25, 0.3) is 0 Å². The molecule has 2 aliphatic rings. The topological polar surface area (TPSA) is 38.8 Å². The van der Waals surface area contributed by atoms with E-state index in [4.69, 9.17) is 9.47 Å². The fraction of sp³-hybridized carbons (Fsp3) is 0.381. The Kier molecular flexibility index (Phi) is 4.76. The summed E-state index contributed by atoms with van der Waals surface area (Å²) in [7, 11) is 3.22. The molecule has 0 bridgehead atoms. The minimum absolute atomic E-state index is 0.0461. The Morgan fingerprint density at radius 1 is 1.11 bits per heavy atom. The van der Waals surface area contributed by atoms with Crippen molar-refractivity contribution < 1.29 is 18.7 Å². The molecule has 0 radical (unpaired) electrons. The normalized spacial score (nSPS) is 20.4. The van der Waals surface area contributed by atoms with Gasteiger partial charge in [0, 0.05) is 12.3 Å². The zero-order chi connectivity index (χ0) is 19.0. The van der Waals surface area contributed by atoms with Gasteiger partial charge in [0.15, 0.2) is 11.5 Å². The Balaban J connectivity index is 1.62. The molecule has 1 heterocycles. The van der Waals surface area contributed by atoms with Crippen molar-refractivity contribution in [3.8, 4) is 11.5 Å². The molecular formula is C21H22FNO3S. The number of hydrogen-bond acceptors (Lipinski definition) is 4. The molecule has 0 spiro atoms. The number of carbonyl (C=O) groups is 1. The average molecular weight is 387 g/mol. The van der Waals surface area contributed by atoms with Gasteiger partial charge in [-0.1, -0.05) is 18.2 Å². The van der Waals surface area contributed by atoms with Crippen molar-refractivity contribution >= 4 is 17.7 Å². The maximum Gasteiger partial charge on any atom is 0.234 e. The summed E-state index contributed by atoms with van der Waals surface area (Å²) in [5, 5.41) is -0.0461. The highest BCUT2D eigenvalue weighted by atomic mass is 32.2. The molecule has 2 aromatic rings. The molecule has 6 heteroatoms. The first kappa shape index (κ1) is 18.2. The van der Waals surface area contributed by atoms with Crippen LogP contribution in [0.5, 0.6) is 11.5 Å². The third-order valence-electron chi connectivity index (χ3n) is 5.40. The molecule has 1 saturated carbocycles. The van der Waals surface area contributed by atoms with Gasteiger partial charge in [-0.15, -0.1) is 11.8 Å². The van der Waals surface area contributed by atoms with Gasteiger partial charge in [0.05, 0.1) is 19.6 Å². The molecule has 0 aromatic heterocycles. The summed E-state index contributed by atoms with van der Waals surface area (Å²) in [6, 6.07) is 12.2. The number of hydrogen-bond donors (Lipinski definition) is 0. The smallest absolute Gasteiger partial charge is 0.234 e. The first-order chi connectivity index (χ1) is 13.1. The number of rotatable bonds is 5. The monoisotopic (exact) mass is 387 g/mol. The van der Waals surface area contributed by atoms with Crippen LogP contribution in [0.2, 0.25) is 0 Å². The summed E-state index contributed by atoms with van der Waals surface area (Å²) in [6.07, 6.45) is 1.63. The van der Waals surface area contributed by atoms with Gasteiger partial charge in [-0.25, -0.2) is 4.39 Å². The van der Waals surface area contributed by atoms with E-state index in [0.29, 0.717) is 18.0 Å². The van der Waals surface area contributed by atoms with E-state index in [-0.39, 0.29) is 17.1 Å². The Morgan fingerprint density at radius 2 is 1.81 bits per heavy atom. The van der Waals surface area contributed by atoms with Crippen LogP contribution in [0.25, 0.3) is 0 Å². The predicted octanol–water partition coefficient (Wildman–Crippen LogP) is 4.15. The molecule has 4 nitrogen and oxygen atoms in total. The second-order valence-corrected chi connectivity index (χ2v) is 8.11. The summed E-state index contributed by atoms with van der Waals surface area (Å²) in [4.78, 5) is 15.4. The minimum atomic E-state index is -0.493. The number of nitrogens with zero attached hydrogens (tertiary/aromatic N) is 1. The minimum Gasteiger partial charge on any atom is -0.493 e. The lowest BCUT2D eigenvalue weighted by Crippen LogP contribution is -2.38. The van der Waals surface area contributed by atoms with Crippen molar-refractivity contribution in [2.24, 2.45) is 0 Å². The highest BCUT2D eigenvalue weighted by molar-refractivity contribution is 7.99. The van der Waals surface area contributed by atoms with Gasteiger partial charge >= 0.3 is 0 Å². The zero-order valence-electron chi connectivity index (χ0n) is 15.4. The Morgan fingerprint density at radius 3 is 2.44 bits per heavy atom. The van der Waals surface area contributed by atoms with E-state index < -0.39 is 5.41 Å². The number of carbonyl (C=O) groups excluding carboxylic acids is 1. The molecule has 1 atom stereocenters. The van der Waals surface area contributed by atoms with Crippen LogP contribution in [0.3, 0.4) is 0 Å². The molecule has 142 valence electrons. The zero-order valence-corrected chi connectivity index (χ0v) is 16.2. The molecule has 2 aromatic carbocycles. The summed E-state index contributed by atoms with van der Waals surface area (Å²) >= 11 is 1.75. The average Bonchev–Trinajstić information content (AvgIpc) is 3.36. The molecule has 1 unspecified atom stereocenters. The highest BCUT2D eigenvalue weighted by Gasteiger charge is 2.54. The van der Waals surface area contributed by atoms with Gasteiger partial charge < -0.3 is 14.4 Å². The quantitative estimate of drug-likeness (QED) is 0.773. The van der Waals surface area contributed by atoms with E-state index >= 15 is 0 Å². The summed E-state index contributed by atoms with van der Waals surface area (Å²) in [5.41, 5.74) is 1.45. The third-order valence-corrected chi connectivity index (χ3v) is 6.66. The van der Waals surface area contributed by atoms with E-state index in [2.05, 4.69) is 0 Å². The molecule has 1 amide bonds. The number of ether oxygens (including phenoxy) is 2. The van der Waals surface area contributed by atoms with Crippen LogP contribution in [0.4, 0.5) is 4.39 Å². The predicted molar refractivity (Wildman–Crippen MR) is 104 cm³/mol. The van der Waals surface area contributed by atoms with Gasteiger partial charge in [-0.05, 0) is 48.2 Å². The fourth-order valence-electron chi connectivity index (χ4n) is 3.76. The second-order valence-electron chi connectivity index (χ2n) is 6.93.